The van der Waals surface area contributed by atoms with Crippen LogP contribution in [0.5, 0.6) is 0 Å². The Bertz CT molecular complexity index is 953. The van der Waals surface area contributed by atoms with Crippen molar-refractivity contribution in [1.29, 1.82) is 0 Å². The Morgan fingerprint density at radius 3 is 2.30 bits per heavy atom. The average Bonchev–Trinajstić information content (AvgIpc) is 2.83. The molecule has 27 heavy (non-hydrogen) atoms. The van der Waals surface area contributed by atoms with Gasteiger partial charge in [0.1, 0.15) is 0 Å². The standard InChI is InChI=1S/C21H23ClN2O2S/c1-27(25,26)18-13-11-17(12-14-18)24-20-6-4-2-3-5-19(20)21(23-24)15-7-9-16(22)10-8-15/h7-14,19-20H,2-6H2,1H3. The zero-order chi connectivity index (χ0) is 19.0. The number of sulfone groups is 1. The van der Waals surface area contributed by atoms with E-state index in [-0.39, 0.29) is 0 Å². The summed E-state index contributed by atoms with van der Waals surface area (Å²) in [7, 11) is -3.20. The summed E-state index contributed by atoms with van der Waals surface area (Å²) in [6.07, 6.45) is 7.12. The Hall–Kier alpha value is -1.85. The fourth-order valence-electron chi connectivity index (χ4n) is 4.15. The molecule has 6 heteroatoms. The molecule has 2 aromatic carbocycles. The summed E-state index contributed by atoms with van der Waals surface area (Å²) in [5, 5.41) is 7.82. The monoisotopic (exact) mass is 402 g/mol. The van der Waals surface area contributed by atoms with Crippen LogP contribution in [0.3, 0.4) is 0 Å². The largest absolute Gasteiger partial charge is 0.262 e. The quantitative estimate of drug-likeness (QED) is 0.732. The molecule has 2 aromatic rings. The van der Waals surface area contributed by atoms with Crippen LogP contribution in [0.2, 0.25) is 5.02 Å². The number of hydrogen-bond acceptors (Lipinski definition) is 4. The summed E-state index contributed by atoms with van der Waals surface area (Å²) in [4.78, 5) is 0.338. The van der Waals surface area contributed by atoms with Gasteiger partial charge >= 0.3 is 0 Å². The minimum Gasteiger partial charge on any atom is -0.262 e. The van der Waals surface area contributed by atoms with Gasteiger partial charge in [0.25, 0.3) is 0 Å². The molecule has 4 rings (SSSR count). The van der Waals surface area contributed by atoms with Gasteiger partial charge in [0.05, 0.1) is 22.3 Å². The van der Waals surface area contributed by atoms with Crippen molar-refractivity contribution >= 4 is 32.8 Å². The van der Waals surface area contributed by atoms with E-state index in [1.165, 1.54) is 25.5 Å². The van der Waals surface area contributed by atoms with E-state index in [4.69, 9.17) is 16.7 Å². The van der Waals surface area contributed by atoms with E-state index in [1.54, 1.807) is 12.1 Å². The summed E-state index contributed by atoms with van der Waals surface area (Å²) in [6.45, 7) is 0. The number of anilines is 1. The lowest BCUT2D eigenvalue weighted by molar-refractivity contribution is 0.501. The summed E-state index contributed by atoms with van der Waals surface area (Å²) >= 11 is 6.06. The van der Waals surface area contributed by atoms with Crippen molar-refractivity contribution in [3.63, 3.8) is 0 Å². The lowest BCUT2D eigenvalue weighted by atomic mass is 9.87. The van der Waals surface area contributed by atoms with E-state index in [9.17, 15) is 8.42 Å². The fourth-order valence-corrected chi connectivity index (χ4v) is 4.91. The van der Waals surface area contributed by atoms with Crippen LogP contribution in [0, 0.1) is 5.92 Å². The summed E-state index contributed by atoms with van der Waals surface area (Å²) in [6, 6.07) is 15.3. The number of benzene rings is 2. The second kappa shape index (κ2) is 7.28. The van der Waals surface area contributed by atoms with E-state index in [0.29, 0.717) is 16.9 Å². The molecule has 2 unspecified atom stereocenters. The molecule has 0 aromatic heterocycles. The predicted octanol–water partition coefficient (Wildman–Crippen LogP) is 4.92. The zero-order valence-electron chi connectivity index (χ0n) is 15.3. The van der Waals surface area contributed by atoms with Gasteiger partial charge in [-0.2, -0.15) is 5.10 Å². The van der Waals surface area contributed by atoms with Gasteiger partial charge in [-0.05, 0) is 54.8 Å². The second-order valence-corrected chi connectivity index (χ2v) is 9.87. The van der Waals surface area contributed by atoms with Crippen LogP contribution in [-0.2, 0) is 9.84 Å². The van der Waals surface area contributed by atoms with Crippen LogP contribution in [0.25, 0.3) is 0 Å². The van der Waals surface area contributed by atoms with Crippen molar-refractivity contribution < 1.29 is 8.42 Å². The minimum atomic E-state index is -3.20. The molecule has 2 aliphatic rings. The maximum absolute atomic E-state index is 11.8. The Morgan fingerprint density at radius 1 is 0.963 bits per heavy atom. The highest BCUT2D eigenvalue weighted by Gasteiger charge is 2.38. The van der Waals surface area contributed by atoms with Crippen molar-refractivity contribution in [3.8, 4) is 0 Å². The topological polar surface area (TPSA) is 49.7 Å². The van der Waals surface area contributed by atoms with Crippen molar-refractivity contribution in [2.75, 3.05) is 11.3 Å². The molecule has 4 nitrogen and oxygen atoms in total. The molecule has 1 saturated carbocycles. The third-order valence-corrected chi connectivity index (χ3v) is 6.91. The Kier molecular flexibility index (Phi) is 4.99. The van der Waals surface area contributed by atoms with E-state index in [2.05, 4.69) is 5.01 Å². The van der Waals surface area contributed by atoms with Crippen molar-refractivity contribution in [2.45, 2.75) is 43.0 Å². The molecule has 1 aliphatic heterocycles. The number of fused-ring (bicyclic) bond motifs is 1. The first-order chi connectivity index (χ1) is 12.9. The van der Waals surface area contributed by atoms with E-state index < -0.39 is 9.84 Å². The molecule has 1 heterocycles. The van der Waals surface area contributed by atoms with E-state index in [0.717, 1.165) is 34.8 Å². The van der Waals surface area contributed by atoms with E-state index >= 15 is 0 Å². The van der Waals surface area contributed by atoms with Crippen molar-refractivity contribution in [2.24, 2.45) is 11.0 Å². The van der Waals surface area contributed by atoms with Gasteiger partial charge in [-0.3, -0.25) is 5.01 Å². The predicted molar refractivity (Wildman–Crippen MR) is 110 cm³/mol. The second-order valence-electron chi connectivity index (χ2n) is 7.41. The smallest absolute Gasteiger partial charge is 0.175 e. The molecule has 2 atom stereocenters. The SMILES string of the molecule is CS(=O)(=O)c1ccc(N2N=C(c3ccc(Cl)cc3)C3CCCCCC32)cc1. The first kappa shape index (κ1) is 18.5. The van der Waals surface area contributed by atoms with Crippen LogP contribution in [0.15, 0.2) is 58.5 Å². The maximum Gasteiger partial charge on any atom is 0.175 e. The van der Waals surface area contributed by atoms with Gasteiger partial charge in [0.15, 0.2) is 9.84 Å². The zero-order valence-corrected chi connectivity index (χ0v) is 16.9. The van der Waals surface area contributed by atoms with Crippen LogP contribution >= 0.6 is 11.6 Å². The average molecular weight is 403 g/mol. The summed E-state index contributed by atoms with van der Waals surface area (Å²) in [5.74, 6) is 0.392. The van der Waals surface area contributed by atoms with Crippen LogP contribution in [0.1, 0.15) is 37.7 Å². The van der Waals surface area contributed by atoms with E-state index in [1.807, 2.05) is 36.4 Å². The van der Waals surface area contributed by atoms with Crippen molar-refractivity contribution in [1.82, 2.24) is 0 Å². The Balaban J connectivity index is 1.73. The number of hydrogen-bond donors (Lipinski definition) is 0. The molecule has 1 aliphatic carbocycles. The molecular formula is C21H23ClN2O2S. The summed E-state index contributed by atoms with van der Waals surface area (Å²) in [5.41, 5.74) is 3.18. The van der Waals surface area contributed by atoms with Gasteiger partial charge in [-0.25, -0.2) is 8.42 Å². The van der Waals surface area contributed by atoms with Gasteiger partial charge in [0, 0.05) is 17.2 Å². The van der Waals surface area contributed by atoms with Crippen LogP contribution in [0.4, 0.5) is 5.69 Å². The molecule has 1 fully saturated rings. The number of hydrazone groups is 1. The Morgan fingerprint density at radius 2 is 1.63 bits per heavy atom. The molecule has 0 N–H and O–H groups in total. The molecule has 0 radical (unpaired) electrons. The lowest BCUT2D eigenvalue weighted by Gasteiger charge is -2.26. The highest BCUT2D eigenvalue weighted by Crippen LogP contribution is 2.38. The van der Waals surface area contributed by atoms with Gasteiger partial charge in [0.2, 0.25) is 0 Å². The van der Waals surface area contributed by atoms with Crippen LogP contribution in [-0.4, -0.2) is 26.4 Å². The molecule has 0 amide bonds. The first-order valence-electron chi connectivity index (χ1n) is 9.37. The highest BCUT2D eigenvalue weighted by molar-refractivity contribution is 7.90. The number of rotatable bonds is 3. The lowest BCUT2D eigenvalue weighted by Crippen LogP contribution is -2.32. The Labute approximate surface area is 165 Å². The molecule has 0 saturated heterocycles. The van der Waals surface area contributed by atoms with Gasteiger partial charge in [-0.1, -0.05) is 43.0 Å². The fraction of sp³-hybridized carbons (Fsp3) is 0.381. The first-order valence-corrected chi connectivity index (χ1v) is 11.6. The molecule has 142 valence electrons. The minimum absolute atomic E-state index is 0.322. The van der Waals surface area contributed by atoms with Gasteiger partial charge in [-0.15, -0.1) is 0 Å². The van der Waals surface area contributed by atoms with Crippen LogP contribution < -0.4 is 5.01 Å². The van der Waals surface area contributed by atoms with Crippen molar-refractivity contribution in [3.05, 3.63) is 59.1 Å². The third kappa shape index (κ3) is 3.76. The molecule has 0 spiro atoms. The third-order valence-electron chi connectivity index (χ3n) is 5.53. The highest BCUT2D eigenvalue weighted by atomic mass is 35.5. The molecular weight excluding hydrogens is 380 g/mol. The maximum atomic E-state index is 11.8. The summed E-state index contributed by atoms with van der Waals surface area (Å²) < 4.78 is 23.5. The number of halogens is 1. The van der Waals surface area contributed by atoms with Gasteiger partial charge < -0.3 is 0 Å². The normalized spacial score (nSPS) is 22.9. The molecule has 0 bridgehead atoms. The number of nitrogens with zero attached hydrogens (tertiary/aromatic N) is 2.